The Morgan fingerprint density at radius 2 is 0.902 bits per heavy atom. The fourth-order valence-corrected chi connectivity index (χ4v) is 7.65. The molecule has 10 rings (SSSR count). The molecule has 0 saturated heterocycles. The highest BCUT2D eigenvalue weighted by atomic mass is 15.0. The van der Waals surface area contributed by atoms with Crippen LogP contribution in [0.3, 0.4) is 0 Å². The van der Waals surface area contributed by atoms with Crippen molar-refractivity contribution in [3.8, 4) is 50.5 Å². The molecular formula is C47H30N4. The van der Waals surface area contributed by atoms with Crippen LogP contribution in [-0.4, -0.2) is 19.5 Å². The predicted molar refractivity (Wildman–Crippen MR) is 211 cm³/mol. The van der Waals surface area contributed by atoms with Gasteiger partial charge in [0.25, 0.3) is 0 Å². The monoisotopic (exact) mass is 650 g/mol. The molecule has 0 N–H and O–H groups in total. The molecule has 0 aliphatic carbocycles. The largest absolute Gasteiger partial charge is 0.294 e. The highest BCUT2D eigenvalue weighted by molar-refractivity contribution is 6.21. The Morgan fingerprint density at radius 3 is 1.55 bits per heavy atom. The third-order valence-corrected chi connectivity index (χ3v) is 9.94. The lowest BCUT2D eigenvalue weighted by atomic mass is 9.86. The van der Waals surface area contributed by atoms with Crippen molar-refractivity contribution in [2.24, 2.45) is 0 Å². The van der Waals surface area contributed by atoms with E-state index in [9.17, 15) is 0 Å². The number of para-hydroxylation sites is 1. The van der Waals surface area contributed by atoms with Gasteiger partial charge in [0.15, 0.2) is 0 Å². The molecule has 10 aromatic rings. The van der Waals surface area contributed by atoms with Crippen LogP contribution in [0.1, 0.15) is 0 Å². The molecule has 238 valence electrons. The Balaban J connectivity index is 1.01. The van der Waals surface area contributed by atoms with Crippen molar-refractivity contribution in [2.45, 2.75) is 0 Å². The van der Waals surface area contributed by atoms with Gasteiger partial charge in [-0.3, -0.25) is 14.5 Å². The molecule has 4 heteroatoms. The lowest BCUT2D eigenvalue weighted by molar-refractivity contribution is 1.14. The molecule has 51 heavy (non-hydrogen) atoms. The summed E-state index contributed by atoms with van der Waals surface area (Å²) in [7, 11) is 0. The molecule has 4 heterocycles. The molecule has 0 aliphatic rings. The normalized spacial score (nSPS) is 11.5. The van der Waals surface area contributed by atoms with Gasteiger partial charge < -0.3 is 0 Å². The van der Waals surface area contributed by atoms with Crippen LogP contribution in [0.5, 0.6) is 0 Å². The molecule has 0 unspecified atom stereocenters. The van der Waals surface area contributed by atoms with Crippen molar-refractivity contribution in [3.05, 3.63) is 182 Å². The standard InChI is InChI=1S/C47H30N4/c1-2-12-31(13-3-1)45-37-17-4-6-19-39(37)46(40-20-7-5-18-38(40)45)34-24-26-43(50-30-34)42-25-23-33(29-49-42)32-14-10-15-35(28-32)51-44-22-9-8-16-36(44)41-21-11-27-48-47(41)51/h1-30H. The van der Waals surface area contributed by atoms with Crippen molar-refractivity contribution in [1.82, 2.24) is 19.5 Å². The number of hydrogen-bond acceptors (Lipinski definition) is 3. The molecule has 0 spiro atoms. The zero-order chi connectivity index (χ0) is 33.7. The second kappa shape index (κ2) is 11.9. The number of aromatic nitrogens is 4. The molecule has 0 saturated carbocycles. The number of rotatable bonds is 5. The van der Waals surface area contributed by atoms with E-state index >= 15 is 0 Å². The van der Waals surface area contributed by atoms with Crippen molar-refractivity contribution < 1.29 is 0 Å². The molecule has 0 atom stereocenters. The smallest absolute Gasteiger partial charge is 0.145 e. The first-order chi connectivity index (χ1) is 25.3. The molecular weight excluding hydrogens is 621 g/mol. The third-order valence-electron chi connectivity index (χ3n) is 9.94. The Kier molecular flexibility index (Phi) is 6.78. The molecule has 4 nitrogen and oxygen atoms in total. The third kappa shape index (κ3) is 4.80. The van der Waals surface area contributed by atoms with E-state index in [4.69, 9.17) is 15.0 Å². The highest BCUT2D eigenvalue weighted by Crippen LogP contribution is 2.43. The van der Waals surface area contributed by atoms with E-state index in [1.54, 1.807) is 0 Å². The molecule has 0 amide bonds. The summed E-state index contributed by atoms with van der Waals surface area (Å²) in [5.74, 6) is 0. The van der Waals surface area contributed by atoms with E-state index in [0.717, 1.165) is 50.3 Å². The molecule has 0 fully saturated rings. The summed E-state index contributed by atoms with van der Waals surface area (Å²) in [6.45, 7) is 0. The second-order valence-corrected chi connectivity index (χ2v) is 12.8. The number of nitrogens with zero attached hydrogens (tertiary/aromatic N) is 4. The van der Waals surface area contributed by atoms with E-state index in [2.05, 4.69) is 162 Å². The van der Waals surface area contributed by atoms with Crippen molar-refractivity contribution in [3.63, 3.8) is 0 Å². The first-order valence-corrected chi connectivity index (χ1v) is 17.2. The summed E-state index contributed by atoms with van der Waals surface area (Å²) in [5, 5.41) is 7.24. The SMILES string of the molecule is c1ccc(-c2c3ccccc3c(-c3ccc(-c4ccc(-c5cccc(-n6c7ccccc7c7cccnc76)c5)cn4)nc3)c3ccccc23)cc1. The first kappa shape index (κ1) is 29.0. The minimum atomic E-state index is 0.835. The Labute approximate surface area is 295 Å². The van der Waals surface area contributed by atoms with Crippen LogP contribution in [0.2, 0.25) is 0 Å². The van der Waals surface area contributed by atoms with Crippen LogP contribution in [0.25, 0.3) is 93.9 Å². The number of benzene rings is 6. The van der Waals surface area contributed by atoms with Crippen LogP contribution in [0, 0.1) is 0 Å². The highest BCUT2D eigenvalue weighted by Gasteiger charge is 2.17. The molecule has 0 bridgehead atoms. The Bertz CT molecular complexity index is 2780. The summed E-state index contributed by atoms with van der Waals surface area (Å²) in [5.41, 5.74) is 11.7. The van der Waals surface area contributed by atoms with Gasteiger partial charge in [0.2, 0.25) is 0 Å². The molecule has 6 aromatic carbocycles. The zero-order valence-electron chi connectivity index (χ0n) is 27.6. The summed E-state index contributed by atoms with van der Waals surface area (Å²) in [4.78, 5) is 14.6. The van der Waals surface area contributed by atoms with Crippen LogP contribution < -0.4 is 0 Å². The van der Waals surface area contributed by atoms with Gasteiger partial charge in [-0.25, -0.2) is 4.98 Å². The zero-order valence-corrected chi connectivity index (χ0v) is 27.6. The van der Waals surface area contributed by atoms with Gasteiger partial charge in [-0.05, 0) is 86.3 Å². The average molecular weight is 651 g/mol. The molecule has 0 aliphatic heterocycles. The summed E-state index contributed by atoms with van der Waals surface area (Å²) < 4.78 is 2.24. The van der Waals surface area contributed by atoms with E-state index in [0.29, 0.717) is 0 Å². The molecule has 4 aromatic heterocycles. The number of pyridine rings is 3. The van der Waals surface area contributed by atoms with Crippen molar-refractivity contribution in [2.75, 3.05) is 0 Å². The van der Waals surface area contributed by atoms with Crippen LogP contribution in [0.15, 0.2) is 182 Å². The van der Waals surface area contributed by atoms with Crippen molar-refractivity contribution in [1.29, 1.82) is 0 Å². The van der Waals surface area contributed by atoms with Crippen LogP contribution in [-0.2, 0) is 0 Å². The minimum absolute atomic E-state index is 0.835. The maximum Gasteiger partial charge on any atom is 0.145 e. The predicted octanol–water partition coefficient (Wildman–Crippen LogP) is 11.9. The topological polar surface area (TPSA) is 43.6 Å². The van der Waals surface area contributed by atoms with Crippen molar-refractivity contribution >= 4 is 43.5 Å². The van der Waals surface area contributed by atoms with Crippen LogP contribution >= 0.6 is 0 Å². The Morgan fingerprint density at radius 1 is 0.353 bits per heavy atom. The fourth-order valence-electron chi connectivity index (χ4n) is 7.65. The maximum absolute atomic E-state index is 4.95. The summed E-state index contributed by atoms with van der Waals surface area (Å²) in [6, 6.07) is 57.8. The maximum atomic E-state index is 4.95. The minimum Gasteiger partial charge on any atom is -0.294 e. The van der Waals surface area contributed by atoms with Gasteiger partial charge in [0.1, 0.15) is 5.65 Å². The van der Waals surface area contributed by atoms with Gasteiger partial charge in [-0.2, -0.15) is 0 Å². The summed E-state index contributed by atoms with van der Waals surface area (Å²) in [6.07, 6.45) is 5.79. The number of hydrogen-bond donors (Lipinski definition) is 0. The van der Waals surface area contributed by atoms with Gasteiger partial charge in [-0.1, -0.05) is 121 Å². The van der Waals surface area contributed by atoms with E-state index in [-0.39, 0.29) is 0 Å². The van der Waals surface area contributed by atoms with Crippen LogP contribution in [0.4, 0.5) is 0 Å². The van der Waals surface area contributed by atoms with Gasteiger partial charge in [-0.15, -0.1) is 0 Å². The molecule has 0 radical (unpaired) electrons. The number of fused-ring (bicyclic) bond motifs is 5. The lowest BCUT2D eigenvalue weighted by Gasteiger charge is -2.17. The lowest BCUT2D eigenvalue weighted by Crippen LogP contribution is -1.96. The van der Waals surface area contributed by atoms with E-state index < -0.39 is 0 Å². The average Bonchev–Trinajstić information content (AvgIpc) is 3.55. The van der Waals surface area contributed by atoms with Gasteiger partial charge in [0, 0.05) is 46.2 Å². The Hall–Kier alpha value is -6.91. The first-order valence-electron chi connectivity index (χ1n) is 17.2. The fraction of sp³-hybridized carbons (Fsp3) is 0. The summed E-state index contributed by atoms with van der Waals surface area (Å²) >= 11 is 0. The second-order valence-electron chi connectivity index (χ2n) is 12.8. The van der Waals surface area contributed by atoms with E-state index in [1.165, 1.54) is 43.6 Å². The quantitative estimate of drug-likeness (QED) is 0.174. The van der Waals surface area contributed by atoms with Gasteiger partial charge >= 0.3 is 0 Å². The van der Waals surface area contributed by atoms with Gasteiger partial charge in [0.05, 0.1) is 16.9 Å². The van der Waals surface area contributed by atoms with E-state index in [1.807, 2.05) is 24.7 Å².